The second-order valence-corrected chi connectivity index (χ2v) is 4.45. The summed E-state index contributed by atoms with van der Waals surface area (Å²) in [5.74, 6) is 0.211. The van der Waals surface area contributed by atoms with Crippen LogP contribution in [0.3, 0.4) is 0 Å². The van der Waals surface area contributed by atoms with E-state index in [-0.39, 0.29) is 5.88 Å². The van der Waals surface area contributed by atoms with Gasteiger partial charge in [-0.15, -0.1) is 0 Å². The molecule has 0 saturated heterocycles. The Labute approximate surface area is 114 Å². The van der Waals surface area contributed by atoms with Crippen LogP contribution in [-0.4, -0.2) is 9.91 Å². The van der Waals surface area contributed by atoms with Gasteiger partial charge in [-0.1, -0.05) is 18.2 Å². The van der Waals surface area contributed by atoms with E-state index in [4.69, 9.17) is 4.42 Å². The SMILES string of the molecule is O=[N+]([O-])c1ccc(/C=C/c2ccnc3c2=CCCC=3)o1. The summed E-state index contributed by atoms with van der Waals surface area (Å²) in [5.41, 5.74) is 1.03. The molecular weight excluding hydrogens is 256 g/mol. The highest BCUT2D eigenvalue weighted by molar-refractivity contribution is 5.68. The van der Waals surface area contributed by atoms with Crippen LogP contribution in [0, 0.1) is 10.1 Å². The van der Waals surface area contributed by atoms with Crippen LogP contribution in [0.4, 0.5) is 5.88 Å². The van der Waals surface area contributed by atoms with Gasteiger partial charge in [0.2, 0.25) is 0 Å². The Morgan fingerprint density at radius 1 is 1.20 bits per heavy atom. The lowest BCUT2D eigenvalue weighted by Crippen LogP contribution is -2.31. The van der Waals surface area contributed by atoms with E-state index < -0.39 is 4.92 Å². The van der Waals surface area contributed by atoms with Crippen molar-refractivity contribution < 1.29 is 9.34 Å². The van der Waals surface area contributed by atoms with Crippen LogP contribution >= 0.6 is 0 Å². The number of rotatable bonds is 3. The lowest BCUT2D eigenvalue weighted by Gasteiger charge is -2.01. The molecule has 100 valence electrons. The van der Waals surface area contributed by atoms with Crippen LogP contribution < -0.4 is 10.6 Å². The van der Waals surface area contributed by atoms with Gasteiger partial charge in [0.15, 0.2) is 0 Å². The topological polar surface area (TPSA) is 69.2 Å². The molecule has 1 aliphatic rings. The molecule has 0 aromatic carbocycles. The Kier molecular flexibility index (Phi) is 3.16. The molecule has 2 aromatic heterocycles. The lowest BCUT2D eigenvalue weighted by atomic mass is 10.1. The van der Waals surface area contributed by atoms with Crippen molar-refractivity contribution in [3.63, 3.8) is 0 Å². The van der Waals surface area contributed by atoms with Crippen molar-refractivity contribution in [2.24, 2.45) is 0 Å². The summed E-state index contributed by atoms with van der Waals surface area (Å²) in [4.78, 5) is 14.3. The molecule has 20 heavy (non-hydrogen) atoms. The molecule has 2 aromatic rings. The van der Waals surface area contributed by atoms with E-state index in [1.807, 2.05) is 12.1 Å². The second-order valence-electron chi connectivity index (χ2n) is 4.45. The zero-order valence-corrected chi connectivity index (χ0v) is 10.7. The Balaban J connectivity index is 1.95. The molecule has 0 radical (unpaired) electrons. The van der Waals surface area contributed by atoms with Crippen molar-refractivity contribution in [2.75, 3.05) is 0 Å². The maximum Gasteiger partial charge on any atom is 0.433 e. The molecule has 5 heteroatoms. The average molecular weight is 268 g/mol. The van der Waals surface area contributed by atoms with Crippen molar-refractivity contribution in [3.05, 3.63) is 56.4 Å². The van der Waals surface area contributed by atoms with E-state index in [1.165, 1.54) is 6.07 Å². The van der Waals surface area contributed by atoms with Crippen LogP contribution in [0.25, 0.3) is 24.3 Å². The third-order valence-corrected chi connectivity index (χ3v) is 3.13. The normalized spacial score (nSPS) is 13.6. The molecule has 0 N–H and O–H groups in total. The number of aromatic nitrogens is 1. The second kappa shape index (κ2) is 5.13. The van der Waals surface area contributed by atoms with Crippen LogP contribution in [0.1, 0.15) is 24.2 Å². The van der Waals surface area contributed by atoms with E-state index >= 15 is 0 Å². The number of nitro groups is 1. The van der Waals surface area contributed by atoms with Crippen molar-refractivity contribution in [1.82, 2.24) is 4.98 Å². The highest BCUT2D eigenvalue weighted by Crippen LogP contribution is 2.17. The first kappa shape index (κ1) is 12.3. The lowest BCUT2D eigenvalue weighted by molar-refractivity contribution is -0.402. The van der Waals surface area contributed by atoms with Gasteiger partial charge in [-0.2, -0.15) is 0 Å². The number of hydrogen-bond acceptors (Lipinski definition) is 4. The maximum absolute atomic E-state index is 10.6. The summed E-state index contributed by atoms with van der Waals surface area (Å²) in [6, 6.07) is 4.85. The minimum Gasteiger partial charge on any atom is -0.401 e. The first-order valence-corrected chi connectivity index (χ1v) is 6.32. The number of pyridine rings is 1. The fourth-order valence-electron chi connectivity index (χ4n) is 2.19. The van der Waals surface area contributed by atoms with Gasteiger partial charge in [-0.25, -0.2) is 0 Å². The van der Waals surface area contributed by atoms with Gasteiger partial charge in [-0.05, 0) is 36.6 Å². The van der Waals surface area contributed by atoms with E-state index in [2.05, 4.69) is 17.1 Å². The zero-order valence-electron chi connectivity index (χ0n) is 10.7. The molecule has 0 atom stereocenters. The monoisotopic (exact) mass is 268 g/mol. The third kappa shape index (κ3) is 2.38. The first-order chi connectivity index (χ1) is 9.74. The summed E-state index contributed by atoms with van der Waals surface area (Å²) in [6.45, 7) is 0. The predicted molar refractivity (Wildman–Crippen MR) is 75.9 cm³/mol. The van der Waals surface area contributed by atoms with Gasteiger partial charge < -0.3 is 4.42 Å². The fourth-order valence-corrected chi connectivity index (χ4v) is 2.19. The number of hydrogen-bond donors (Lipinski definition) is 0. The van der Waals surface area contributed by atoms with Crippen LogP contribution in [-0.2, 0) is 0 Å². The number of nitrogens with zero attached hydrogens (tertiary/aromatic N) is 2. The highest BCUT2D eigenvalue weighted by atomic mass is 16.6. The van der Waals surface area contributed by atoms with Crippen LogP contribution in [0.5, 0.6) is 0 Å². The highest BCUT2D eigenvalue weighted by Gasteiger charge is 2.09. The van der Waals surface area contributed by atoms with Gasteiger partial charge in [0, 0.05) is 11.4 Å². The summed E-state index contributed by atoms with van der Waals surface area (Å²) < 4.78 is 5.09. The Hall–Kier alpha value is -2.69. The van der Waals surface area contributed by atoms with Crippen molar-refractivity contribution in [2.45, 2.75) is 12.8 Å². The molecule has 0 unspecified atom stereocenters. The molecule has 0 aliphatic heterocycles. The number of furan rings is 1. The number of fused-ring (bicyclic) bond motifs is 1. The molecule has 0 saturated carbocycles. The quantitative estimate of drug-likeness (QED) is 0.631. The standard InChI is InChI=1S/C15H12N2O3/c18-17(19)15-8-7-12(20-15)6-5-11-9-10-16-14-4-2-1-3-13(11)14/h3-10H,1-2H2/b6-5+. The molecule has 0 amide bonds. The van der Waals surface area contributed by atoms with E-state index in [0.717, 1.165) is 29.0 Å². The average Bonchev–Trinajstić information content (AvgIpc) is 2.94. The van der Waals surface area contributed by atoms with E-state index in [0.29, 0.717) is 5.76 Å². The van der Waals surface area contributed by atoms with Crippen molar-refractivity contribution in [3.8, 4) is 0 Å². The first-order valence-electron chi connectivity index (χ1n) is 6.32. The van der Waals surface area contributed by atoms with E-state index in [1.54, 1.807) is 18.3 Å². The van der Waals surface area contributed by atoms with Crippen molar-refractivity contribution in [1.29, 1.82) is 0 Å². The molecule has 5 nitrogen and oxygen atoms in total. The summed E-state index contributed by atoms with van der Waals surface area (Å²) in [6.07, 6.45) is 11.7. The smallest absolute Gasteiger partial charge is 0.401 e. The fraction of sp³-hybridized carbons (Fsp3) is 0.133. The minimum atomic E-state index is -0.547. The summed E-state index contributed by atoms with van der Waals surface area (Å²) >= 11 is 0. The molecule has 0 fully saturated rings. The maximum atomic E-state index is 10.6. The van der Waals surface area contributed by atoms with Gasteiger partial charge in [0.1, 0.15) is 10.7 Å². The summed E-state index contributed by atoms with van der Waals surface area (Å²) in [7, 11) is 0. The van der Waals surface area contributed by atoms with Crippen LogP contribution in [0.15, 0.2) is 28.8 Å². The molecule has 0 spiro atoms. The predicted octanol–water partition coefficient (Wildman–Crippen LogP) is 2.11. The Morgan fingerprint density at radius 3 is 2.85 bits per heavy atom. The Bertz CT molecular complexity index is 803. The molecular formula is C15H12N2O3. The largest absolute Gasteiger partial charge is 0.433 e. The van der Waals surface area contributed by atoms with Gasteiger partial charge >= 0.3 is 5.88 Å². The van der Waals surface area contributed by atoms with Gasteiger partial charge in [0.05, 0.1) is 11.4 Å². The Morgan fingerprint density at radius 2 is 2.05 bits per heavy atom. The zero-order chi connectivity index (χ0) is 13.9. The van der Waals surface area contributed by atoms with Crippen molar-refractivity contribution >= 4 is 30.2 Å². The summed E-state index contributed by atoms with van der Waals surface area (Å²) in [5, 5.41) is 12.6. The van der Waals surface area contributed by atoms with Crippen LogP contribution in [0.2, 0.25) is 0 Å². The van der Waals surface area contributed by atoms with Gasteiger partial charge in [-0.3, -0.25) is 15.1 Å². The molecule has 3 rings (SSSR count). The minimum absolute atomic E-state index is 0.249. The van der Waals surface area contributed by atoms with Gasteiger partial charge in [0.25, 0.3) is 0 Å². The third-order valence-electron chi connectivity index (χ3n) is 3.13. The molecule has 0 bridgehead atoms. The van der Waals surface area contributed by atoms with E-state index in [9.17, 15) is 10.1 Å². The molecule has 2 heterocycles. The molecule has 1 aliphatic carbocycles.